The summed E-state index contributed by atoms with van der Waals surface area (Å²) in [4.78, 5) is 25.1. The summed E-state index contributed by atoms with van der Waals surface area (Å²) in [6.07, 6.45) is 4.57. The first-order valence-corrected chi connectivity index (χ1v) is 11.4. The lowest BCUT2D eigenvalue weighted by molar-refractivity contribution is -0.111. The topological polar surface area (TPSA) is 94.5 Å². The molecule has 184 valence electrons. The van der Waals surface area contributed by atoms with Crippen molar-refractivity contribution in [2.45, 2.75) is 27.4 Å². The Labute approximate surface area is 205 Å². The van der Waals surface area contributed by atoms with Crippen LogP contribution in [0.4, 0.5) is 5.69 Å². The fourth-order valence-corrected chi connectivity index (χ4v) is 3.41. The number of benzene rings is 2. The Morgan fingerprint density at radius 1 is 1.14 bits per heavy atom. The van der Waals surface area contributed by atoms with Crippen LogP contribution in [0.25, 0.3) is 6.08 Å². The van der Waals surface area contributed by atoms with Gasteiger partial charge in [0, 0.05) is 25.2 Å². The van der Waals surface area contributed by atoms with Gasteiger partial charge in [0.05, 0.1) is 19.0 Å². The summed E-state index contributed by atoms with van der Waals surface area (Å²) in [6.45, 7) is 6.87. The summed E-state index contributed by atoms with van der Waals surface area (Å²) in [5.74, 6) is 1.16. The number of carbonyl (C=O) groups is 2. The third-order valence-electron chi connectivity index (χ3n) is 5.29. The van der Waals surface area contributed by atoms with E-state index in [0.29, 0.717) is 36.2 Å². The molecule has 0 fully saturated rings. The highest BCUT2D eigenvalue weighted by Gasteiger charge is 2.18. The molecule has 0 aliphatic carbocycles. The van der Waals surface area contributed by atoms with Gasteiger partial charge in [-0.3, -0.25) is 14.3 Å². The SMILES string of the molecule is COc1ccc(/C=C/C(=O)Nc2cnn(C)c2C(=O)NCC(C)C)cc1COc1ccccc1C. The van der Waals surface area contributed by atoms with Crippen molar-refractivity contribution in [3.8, 4) is 11.5 Å². The van der Waals surface area contributed by atoms with Gasteiger partial charge in [-0.15, -0.1) is 0 Å². The Bertz CT molecular complexity index is 1210. The maximum absolute atomic E-state index is 12.6. The molecule has 0 spiro atoms. The Kier molecular flexibility index (Phi) is 8.67. The Morgan fingerprint density at radius 2 is 1.91 bits per heavy atom. The van der Waals surface area contributed by atoms with Crippen molar-refractivity contribution < 1.29 is 19.1 Å². The zero-order valence-electron chi connectivity index (χ0n) is 20.8. The first-order chi connectivity index (χ1) is 16.8. The van der Waals surface area contributed by atoms with Gasteiger partial charge in [-0.25, -0.2) is 0 Å². The molecule has 2 amide bonds. The standard InChI is InChI=1S/C27H32N4O4/c1-18(2)15-28-27(33)26-22(16-29-31(26)4)30-25(32)13-11-20-10-12-24(34-5)21(14-20)17-35-23-9-7-6-8-19(23)3/h6-14,16,18H,15,17H2,1-5H3,(H,28,33)(H,30,32)/b13-11+. The lowest BCUT2D eigenvalue weighted by Gasteiger charge is -2.12. The Morgan fingerprint density at radius 3 is 2.63 bits per heavy atom. The summed E-state index contributed by atoms with van der Waals surface area (Å²) in [6, 6.07) is 13.4. The molecule has 1 heterocycles. The third-order valence-corrected chi connectivity index (χ3v) is 5.29. The van der Waals surface area contributed by atoms with Gasteiger partial charge in [-0.05, 0) is 48.2 Å². The number of para-hydroxylation sites is 1. The minimum atomic E-state index is -0.371. The normalized spacial score (nSPS) is 11.0. The number of aryl methyl sites for hydroxylation is 2. The summed E-state index contributed by atoms with van der Waals surface area (Å²) >= 11 is 0. The second-order valence-corrected chi connectivity index (χ2v) is 8.58. The number of rotatable bonds is 10. The minimum absolute atomic E-state index is 0.286. The summed E-state index contributed by atoms with van der Waals surface area (Å²) in [5.41, 5.74) is 3.37. The fourth-order valence-electron chi connectivity index (χ4n) is 3.41. The summed E-state index contributed by atoms with van der Waals surface area (Å²) in [5, 5.41) is 9.70. The van der Waals surface area contributed by atoms with Crippen molar-refractivity contribution in [3.63, 3.8) is 0 Å². The van der Waals surface area contributed by atoms with Gasteiger partial charge >= 0.3 is 0 Å². The number of ether oxygens (including phenoxy) is 2. The number of hydrogen-bond donors (Lipinski definition) is 2. The van der Waals surface area contributed by atoms with E-state index < -0.39 is 0 Å². The van der Waals surface area contributed by atoms with E-state index in [4.69, 9.17) is 9.47 Å². The number of anilines is 1. The molecular formula is C27H32N4O4. The molecule has 2 N–H and O–H groups in total. The van der Waals surface area contributed by atoms with Crippen LogP contribution in [-0.2, 0) is 18.4 Å². The highest BCUT2D eigenvalue weighted by atomic mass is 16.5. The van der Waals surface area contributed by atoms with E-state index in [2.05, 4.69) is 15.7 Å². The van der Waals surface area contributed by atoms with Crippen LogP contribution >= 0.6 is 0 Å². The van der Waals surface area contributed by atoms with Gasteiger partial charge in [-0.2, -0.15) is 5.10 Å². The number of aromatic nitrogens is 2. The molecule has 3 rings (SSSR count). The van der Waals surface area contributed by atoms with Crippen molar-refractivity contribution >= 4 is 23.6 Å². The van der Waals surface area contributed by atoms with E-state index >= 15 is 0 Å². The molecule has 0 saturated carbocycles. The van der Waals surface area contributed by atoms with Crippen molar-refractivity contribution in [1.29, 1.82) is 0 Å². The zero-order valence-corrected chi connectivity index (χ0v) is 20.8. The first-order valence-electron chi connectivity index (χ1n) is 11.4. The van der Waals surface area contributed by atoms with Gasteiger partial charge in [0.1, 0.15) is 23.8 Å². The Hall–Kier alpha value is -4.07. The van der Waals surface area contributed by atoms with Gasteiger partial charge in [0.2, 0.25) is 5.91 Å². The van der Waals surface area contributed by atoms with E-state index in [1.165, 1.54) is 17.0 Å². The molecule has 0 atom stereocenters. The second kappa shape index (κ2) is 11.9. The van der Waals surface area contributed by atoms with Gasteiger partial charge in [0.15, 0.2) is 0 Å². The number of carbonyl (C=O) groups excluding carboxylic acids is 2. The van der Waals surface area contributed by atoms with E-state index in [1.807, 2.05) is 63.2 Å². The first kappa shape index (κ1) is 25.6. The molecule has 0 aliphatic heterocycles. The van der Waals surface area contributed by atoms with E-state index in [9.17, 15) is 9.59 Å². The van der Waals surface area contributed by atoms with E-state index in [1.54, 1.807) is 20.2 Å². The van der Waals surface area contributed by atoms with Gasteiger partial charge < -0.3 is 20.1 Å². The summed E-state index contributed by atoms with van der Waals surface area (Å²) in [7, 11) is 3.27. The highest BCUT2D eigenvalue weighted by molar-refractivity contribution is 6.06. The molecule has 0 saturated heterocycles. The van der Waals surface area contributed by atoms with Gasteiger partial charge in [-0.1, -0.05) is 38.1 Å². The van der Waals surface area contributed by atoms with Crippen LogP contribution in [-0.4, -0.2) is 35.2 Å². The molecular weight excluding hydrogens is 444 g/mol. The molecule has 8 nitrogen and oxygen atoms in total. The third kappa shape index (κ3) is 6.96. The minimum Gasteiger partial charge on any atom is -0.496 e. The van der Waals surface area contributed by atoms with E-state index in [-0.39, 0.29) is 11.8 Å². The predicted octanol–water partition coefficient (Wildman–Crippen LogP) is 4.35. The van der Waals surface area contributed by atoms with Crippen LogP contribution in [0.2, 0.25) is 0 Å². The Balaban J connectivity index is 1.69. The van der Waals surface area contributed by atoms with Crippen molar-refractivity contribution in [1.82, 2.24) is 15.1 Å². The van der Waals surface area contributed by atoms with Crippen molar-refractivity contribution in [2.75, 3.05) is 19.0 Å². The monoisotopic (exact) mass is 476 g/mol. The number of hydrogen-bond acceptors (Lipinski definition) is 5. The summed E-state index contributed by atoms with van der Waals surface area (Å²) < 4.78 is 12.9. The highest BCUT2D eigenvalue weighted by Crippen LogP contribution is 2.24. The molecule has 3 aromatic rings. The molecule has 0 unspecified atom stereocenters. The number of methoxy groups -OCH3 is 1. The maximum Gasteiger partial charge on any atom is 0.271 e. The van der Waals surface area contributed by atoms with E-state index in [0.717, 1.165) is 22.4 Å². The van der Waals surface area contributed by atoms with Gasteiger partial charge in [0.25, 0.3) is 5.91 Å². The molecule has 35 heavy (non-hydrogen) atoms. The second-order valence-electron chi connectivity index (χ2n) is 8.58. The average molecular weight is 477 g/mol. The van der Waals surface area contributed by atoms with Crippen LogP contribution in [0.15, 0.2) is 54.7 Å². The number of amides is 2. The van der Waals surface area contributed by atoms with Crippen LogP contribution in [0.3, 0.4) is 0 Å². The van der Waals surface area contributed by atoms with Crippen LogP contribution in [0.1, 0.15) is 41.0 Å². The lowest BCUT2D eigenvalue weighted by Crippen LogP contribution is -2.30. The van der Waals surface area contributed by atoms with Crippen LogP contribution < -0.4 is 20.1 Å². The zero-order chi connectivity index (χ0) is 25.4. The molecule has 1 aromatic heterocycles. The smallest absolute Gasteiger partial charge is 0.271 e. The van der Waals surface area contributed by atoms with Crippen LogP contribution in [0.5, 0.6) is 11.5 Å². The molecule has 2 aromatic carbocycles. The van der Waals surface area contributed by atoms with Crippen molar-refractivity contribution in [3.05, 3.63) is 77.1 Å². The molecule has 0 radical (unpaired) electrons. The largest absolute Gasteiger partial charge is 0.496 e. The maximum atomic E-state index is 12.6. The average Bonchev–Trinajstić information content (AvgIpc) is 3.20. The quantitative estimate of drug-likeness (QED) is 0.424. The van der Waals surface area contributed by atoms with Crippen LogP contribution in [0, 0.1) is 12.8 Å². The molecule has 0 aliphatic rings. The fraction of sp³-hybridized carbons (Fsp3) is 0.296. The molecule has 8 heteroatoms. The number of nitrogens with one attached hydrogen (secondary N) is 2. The number of nitrogens with zero attached hydrogens (tertiary/aromatic N) is 2. The van der Waals surface area contributed by atoms with Crippen molar-refractivity contribution in [2.24, 2.45) is 13.0 Å². The predicted molar refractivity (Wildman–Crippen MR) is 137 cm³/mol. The molecule has 0 bridgehead atoms. The lowest BCUT2D eigenvalue weighted by atomic mass is 10.1.